The standard InChI is InChI=1S/C16H13Cl2FN2O3S/c1-21(16(22)20-10-3-4-13(19)12(18)7-10)14-8-25(23,24)15-5-2-9(17)6-11(14)15/h2-7,14H,8H2,1H3,(H,20,22)/t14-/m0/s1. The molecule has 132 valence electrons. The van der Waals surface area contributed by atoms with Crippen molar-refractivity contribution in [3.05, 3.63) is 57.8 Å². The molecule has 9 heteroatoms. The van der Waals surface area contributed by atoms with Crippen LogP contribution in [-0.4, -0.2) is 32.1 Å². The molecule has 0 radical (unpaired) electrons. The molecule has 1 aliphatic heterocycles. The molecule has 0 aromatic heterocycles. The number of anilines is 1. The third-order valence-electron chi connectivity index (χ3n) is 4.00. The van der Waals surface area contributed by atoms with Crippen molar-refractivity contribution in [1.29, 1.82) is 0 Å². The summed E-state index contributed by atoms with van der Waals surface area (Å²) in [6.45, 7) is 0. The summed E-state index contributed by atoms with van der Waals surface area (Å²) in [6, 6.07) is 7.05. The molecule has 0 saturated heterocycles. The van der Waals surface area contributed by atoms with Crippen LogP contribution < -0.4 is 5.32 Å². The highest BCUT2D eigenvalue weighted by Gasteiger charge is 2.38. The normalized spacial score (nSPS) is 17.8. The molecule has 1 heterocycles. The van der Waals surface area contributed by atoms with Crippen molar-refractivity contribution in [2.45, 2.75) is 10.9 Å². The minimum Gasteiger partial charge on any atom is -0.319 e. The summed E-state index contributed by atoms with van der Waals surface area (Å²) in [4.78, 5) is 13.9. The maximum absolute atomic E-state index is 13.2. The van der Waals surface area contributed by atoms with Gasteiger partial charge in [0.05, 0.1) is 21.7 Å². The molecule has 2 amide bonds. The van der Waals surface area contributed by atoms with Crippen LogP contribution >= 0.6 is 23.2 Å². The van der Waals surface area contributed by atoms with Crippen LogP contribution in [0.3, 0.4) is 0 Å². The highest BCUT2D eigenvalue weighted by molar-refractivity contribution is 7.91. The van der Waals surface area contributed by atoms with E-state index in [0.29, 0.717) is 16.3 Å². The van der Waals surface area contributed by atoms with E-state index < -0.39 is 27.7 Å². The molecule has 3 rings (SSSR count). The fourth-order valence-electron chi connectivity index (χ4n) is 2.70. The number of urea groups is 1. The van der Waals surface area contributed by atoms with Gasteiger partial charge >= 0.3 is 6.03 Å². The summed E-state index contributed by atoms with van der Waals surface area (Å²) in [5, 5.41) is 2.83. The number of rotatable bonds is 2. The molecule has 1 aliphatic rings. The Morgan fingerprint density at radius 1 is 1.24 bits per heavy atom. The smallest absolute Gasteiger partial charge is 0.319 e. The van der Waals surface area contributed by atoms with Crippen molar-refractivity contribution in [3.63, 3.8) is 0 Å². The zero-order valence-corrected chi connectivity index (χ0v) is 15.3. The number of halogens is 3. The molecule has 1 atom stereocenters. The second kappa shape index (κ2) is 6.48. The number of carbonyl (C=O) groups excluding carboxylic acids is 1. The molecule has 0 saturated carbocycles. The van der Waals surface area contributed by atoms with Gasteiger partial charge in [-0.05, 0) is 42.0 Å². The third-order valence-corrected chi connectivity index (χ3v) is 6.32. The monoisotopic (exact) mass is 402 g/mol. The molecule has 0 bridgehead atoms. The molecule has 0 spiro atoms. The Bertz CT molecular complexity index is 966. The number of sulfone groups is 1. The molecule has 25 heavy (non-hydrogen) atoms. The minimum absolute atomic E-state index is 0.124. The second-order valence-corrected chi connectivity index (χ2v) is 8.50. The van der Waals surface area contributed by atoms with E-state index in [4.69, 9.17) is 23.2 Å². The predicted octanol–water partition coefficient (Wildman–Crippen LogP) is 4.12. The Morgan fingerprint density at radius 3 is 2.64 bits per heavy atom. The van der Waals surface area contributed by atoms with Crippen molar-refractivity contribution in [1.82, 2.24) is 4.90 Å². The van der Waals surface area contributed by atoms with Gasteiger partial charge in [-0.2, -0.15) is 0 Å². The van der Waals surface area contributed by atoms with Crippen LogP contribution in [0.25, 0.3) is 0 Å². The number of nitrogens with zero attached hydrogens (tertiary/aromatic N) is 1. The number of amides is 2. The maximum Gasteiger partial charge on any atom is 0.322 e. The van der Waals surface area contributed by atoms with Gasteiger partial charge in [0.25, 0.3) is 0 Å². The number of nitrogens with one attached hydrogen (secondary N) is 1. The number of carbonyl (C=O) groups is 1. The van der Waals surface area contributed by atoms with Crippen molar-refractivity contribution < 1.29 is 17.6 Å². The molecule has 1 N–H and O–H groups in total. The van der Waals surface area contributed by atoms with E-state index in [9.17, 15) is 17.6 Å². The van der Waals surface area contributed by atoms with E-state index in [1.165, 1.54) is 36.2 Å². The highest BCUT2D eigenvalue weighted by atomic mass is 35.5. The molecule has 0 fully saturated rings. The lowest BCUT2D eigenvalue weighted by Crippen LogP contribution is -2.35. The average Bonchev–Trinajstić information content (AvgIpc) is 2.81. The van der Waals surface area contributed by atoms with Gasteiger partial charge in [0.2, 0.25) is 0 Å². The van der Waals surface area contributed by atoms with Gasteiger partial charge in [0.15, 0.2) is 9.84 Å². The SMILES string of the molecule is CN(C(=O)Nc1ccc(F)c(Cl)c1)[C@H]1CS(=O)(=O)c2ccc(Cl)cc21. The summed E-state index contributed by atoms with van der Waals surface area (Å²) in [7, 11) is -2.00. The summed E-state index contributed by atoms with van der Waals surface area (Å²) >= 11 is 11.7. The average molecular weight is 403 g/mol. The molecular weight excluding hydrogens is 390 g/mol. The molecule has 0 aliphatic carbocycles. The quantitative estimate of drug-likeness (QED) is 0.820. The molecular formula is C16H13Cl2FN2O3S. The van der Waals surface area contributed by atoms with E-state index >= 15 is 0 Å². The molecule has 2 aromatic rings. The number of fused-ring (bicyclic) bond motifs is 1. The number of benzene rings is 2. The van der Waals surface area contributed by atoms with Crippen molar-refractivity contribution in [3.8, 4) is 0 Å². The summed E-state index contributed by atoms with van der Waals surface area (Å²) in [5.41, 5.74) is 0.776. The van der Waals surface area contributed by atoms with Crippen molar-refractivity contribution in [2.24, 2.45) is 0 Å². The first kappa shape index (κ1) is 18.0. The Hall–Kier alpha value is -1.83. The lowest BCUT2D eigenvalue weighted by molar-refractivity contribution is 0.209. The van der Waals surface area contributed by atoms with Crippen molar-refractivity contribution >= 4 is 44.8 Å². The van der Waals surface area contributed by atoms with Crippen LogP contribution in [0, 0.1) is 5.82 Å². The fraction of sp³-hybridized carbons (Fsp3) is 0.188. The van der Waals surface area contributed by atoms with Gasteiger partial charge in [-0.1, -0.05) is 23.2 Å². The lowest BCUT2D eigenvalue weighted by Gasteiger charge is -2.25. The maximum atomic E-state index is 13.2. The third kappa shape index (κ3) is 3.44. The van der Waals surface area contributed by atoms with Gasteiger partial charge in [-0.15, -0.1) is 0 Å². The first-order valence-electron chi connectivity index (χ1n) is 7.20. The topological polar surface area (TPSA) is 66.5 Å². The summed E-state index contributed by atoms with van der Waals surface area (Å²) in [5.74, 6) is -0.824. The zero-order valence-electron chi connectivity index (χ0n) is 13.0. The van der Waals surface area contributed by atoms with Gasteiger partial charge in [0, 0.05) is 17.8 Å². The van der Waals surface area contributed by atoms with Crippen LogP contribution in [0.15, 0.2) is 41.3 Å². The Balaban J connectivity index is 1.86. The van der Waals surface area contributed by atoms with Crippen LogP contribution in [0.5, 0.6) is 0 Å². The Labute approximate surface area is 154 Å². The van der Waals surface area contributed by atoms with E-state index in [-0.39, 0.29) is 15.7 Å². The van der Waals surface area contributed by atoms with Crippen LogP contribution in [0.2, 0.25) is 10.0 Å². The molecule has 2 aromatic carbocycles. The van der Waals surface area contributed by atoms with Gasteiger partial charge < -0.3 is 10.2 Å². The zero-order chi connectivity index (χ0) is 18.4. The van der Waals surface area contributed by atoms with E-state index in [1.54, 1.807) is 6.07 Å². The predicted molar refractivity (Wildman–Crippen MR) is 94.4 cm³/mol. The fourth-order valence-corrected chi connectivity index (χ4v) is 4.89. The second-order valence-electron chi connectivity index (χ2n) is 5.65. The van der Waals surface area contributed by atoms with Gasteiger partial charge in [-0.25, -0.2) is 17.6 Å². The highest BCUT2D eigenvalue weighted by Crippen LogP contribution is 2.38. The number of hydrogen-bond donors (Lipinski definition) is 1. The Kier molecular flexibility index (Phi) is 4.66. The molecule has 5 nitrogen and oxygen atoms in total. The van der Waals surface area contributed by atoms with Crippen LogP contribution in [0.4, 0.5) is 14.9 Å². The van der Waals surface area contributed by atoms with Crippen LogP contribution in [-0.2, 0) is 9.84 Å². The van der Waals surface area contributed by atoms with Gasteiger partial charge in [0.1, 0.15) is 5.82 Å². The molecule has 0 unspecified atom stereocenters. The van der Waals surface area contributed by atoms with Crippen LogP contribution in [0.1, 0.15) is 11.6 Å². The summed E-state index contributed by atoms with van der Waals surface area (Å²) in [6.07, 6.45) is 0. The van der Waals surface area contributed by atoms with E-state index in [2.05, 4.69) is 5.32 Å². The minimum atomic E-state index is -3.49. The van der Waals surface area contributed by atoms with Gasteiger partial charge in [-0.3, -0.25) is 0 Å². The number of hydrogen-bond acceptors (Lipinski definition) is 3. The lowest BCUT2D eigenvalue weighted by atomic mass is 10.1. The van der Waals surface area contributed by atoms with E-state index in [1.807, 2.05) is 0 Å². The first-order chi connectivity index (χ1) is 11.7. The van der Waals surface area contributed by atoms with Crippen molar-refractivity contribution in [2.75, 3.05) is 18.1 Å². The largest absolute Gasteiger partial charge is 0.322 e. The van der Waals surface area contributed by atoms with E-state index in [0.717, 1.165) is 6.07 Å². The summed E-state index contributed by atoms with van der Waals surface area (Å²) < 4.78 is 37.8. The first-order valence-corrected chi connectivity index (χ1v) is 9.61. The Morgan fingerprint density at radius 2 is 1.96 bits per heavy atom.